The Morgan fingerprint density at radius 1 is 1.00 bits per heavy atom. The van der Waals surface area contributed by atoms with Crippen LogP contribution in [0.25, 0.3) is 11.0 Å². The van der Waals surface area contributed by atoms with Gasteiger partial charge in [0.25, 0.3) is 5.91 Å². The second-order valence-electron chi connectivity index (χ2n) is 6.26. The highest BCUT2D eigenvalue weighted by atomic mass is 32.2. The van der Waals surface area contributed by atoms with Crippen LogP contribution in [0.5, 0.6) is 0 Å². The van der Waals surface area contributed by atoms with Gasteiger partial charge in [-0.2, -0.15) is 0 Å². The molecule has 0 bridgehead atoms. The molecule has 1 atom stereocenters. The van der Waals surface area contributed by atoms with Crippen LogP contribution in [0.4, 0.5) is 0 Å². The van der Waals surface area contributed by atoms with E-state index in [0.29, 0.717) is 23.4 Å². The van der Waals surface area contributed by atoms with E-state index < -0.39 is 15.1 Å². The van der Waals surface area contributed by atoms with Crippen molar-refractivity contribution in [3.05, 3.63) is 66.5 Å². The molecule has 1 amide bonds. The first-order chi connectivity index (χ1) is 12.6. The van der Waals surface area contributed by atoms with Gasteiger partial charge >= 0.3 is 0 Å². The van der Waals surface area contributed by atoms with Crippen LogP contribution in [-0.2, 0) is 9.84 Å². The Morgan fingerprint density at radius 2 is 1.69 bits per heavy atom. The minimum atomic E-state index is -3.45. The Balaban J connectivity index is 1.55. The quantitative estimate of drug-likeness (QED) is 0.710. The number of nitrogens with zero attached hydrogens (tertiary/aromatic N) is 3. The highest BCUT2D eigenvalue weighted by Crippen LogP contribution is 2.24. The lowest BCUT2D eigenvalue weighted by atomic mass is 10.3. The summed E-state index contributed by atoms with van der Waals surface area (Å²) in [6.45, 7) is 0.564. The molecular formula is C19H17N3O3S. The number of carbonyl (C=O) groups excluding carboxylic acids is 1. The molecule has 7 heteroatoms. The third kappa shape index (κ3) is 2.94. The number of hydrogen-bond donors (Lipinski definition) is 0. The minimum Gasteiger partial charge on any atom is -0.336 e. The fourth-order valence-electron chi connectivity index (χ4n) is 3.19. The molecule has 1 fully saturated rings. The van der Waals surface area contributed by atoms with Crippen molar-refractivity contribution in [1.82, 2.24) is 14.9 Å². The van der Waals surface area contributed by atoms with Crippen LogP contribution in [0.2, 0.25) is 0 Å². The van der Waals surface area contributed by atoms with Gasteiger partial charge in [0, 0.05) is 13.1 Å². The lowest BCUT2D eigenvalue weighted by molar-refractivity contribution is 0.0787. The Morgan fingerprint density at radius 3 is 2.46 bits per heavy atom. The summed E-state index contributed by atoms with van der Waals surface area (Å²) < 4.78 is 25.5. The summed E-state index contributed by atoms with van der Waals surface area (Å²) >= 11 is 0. The molecule has 1 saturated heterocycles. The maximum absolute atomic E-state index is 12.7. The predicted molar refractivity (Wildman–Crippen MR) is 97.5 cm³/mol. The van der Waals surface area contributed by atoms with Crippen molar-refractivity contribution in [3.63, 3.8) is 0 Å². The molecule has 26 heavy (non-hydrogen) atoms. The van der Waals surface area contributed by atoms with Gasteiger partial charge in [-0.3, -0.25) is 9.78 Å². The van der Waals surface area contributed by atoms with Gasteiger partial charge in [0.2, 0.25) is 0 Å². The Kier molecular flexibility index (Phi) is 4.16. The van der Waals surface area contributed by atoms with E-state index in [1.165, 1.54) is 6.20 Å². The molecule has 1 aromatic heterocycles. The largest absolute Gasteiger partial charge is 0.336 e. The summed E-state index contributed by atoms with van der Waals surface area (Å²) in [4.78, 5) is 23.2. The molecule has 1 aliphatic rings. The van der Waals surface area contributed by atoms with Crippen LogP contribution >= 0.6 is 0 Å². The van der Waals surface area contributed by atoms with Crippen molar-refractivity contribution in [2.75, 3.05) is 13.1 Å². The molecule has 0 saturated carbocycles. The van der Waals surface area contributed by atoms with Crippen LogP contribution in [-0.4, -0.2) is 47.5 Å². The third-order valence-electron chi connectivity index (χ3n) is 4.61. The lowest BCUT2D eigenvalue weighted by Crippen LogP contribution is -2.32. The summed E-state index contributed by atoms with van der Waals surface area (Å²) in [6, 6.07) is 15.7. The van der Waals surface area contributed by atoms with E-state index in [1.807, 2.05) is 18.2 Å². The van der Waals surface area contributed by atoms with Gasteiger partial charge in [-0.05, 0) is 30.7 Å². The summed E-state index contributed by atoms with van der Waals surface area (Å²) in [5.74, 6) is -0.283. The van der Waals surface area contributed by atoms with Gasteiger partial charge in [0.15, 0.2) is 9.84 Å². The van der Waals surface area contributed by atoms with Crippen molar-refractivity contribution in [2.24, 2.45) is 0 Å². The van der Waals surface area contributed by atoms with Gasteiger partial charge in [0.1, 0.15) is 5.69 Å². The van der Waals surface area contributed by atoms with Gasteiger partial charge in [0.05, 0.1) is 27.4 Å². The Hall–Kier alpha value is -2.80. The average Bonchev–Trinajstić information content (AvgIpc) is 3.19. The van der Waals surface area contributed by atoms with E-state index in [1.54, 1.807) is 41.3 Å². The molecular weight excluding hydrogens is 350 g/mol. The molecule has 132 valence electrons. The Bertz CT molecular complexity index is 1070. The van der Waals surface area contributed by atoms with Crippen LogP contribution in [0.3, 0.4) is 0 Å². The highest BCUT2D eigenvalue weighted by Gasteiger charge is 2.36. The molecule has 0 aliphatic carbocycles. The lowest BCUT2D eigenvalue weighted by Gasteiger charge is -2.16. The second-order valence-corrected chi connectivity index (χ2v) is 8.49. The number of amides is 1. The van der Waals surface area contributed by atoms with Gasteiger partial charge < -0.3 is 4.90 Å². The number of carbonyl (C=O) groups is 1. The van der Waals surface area contributed by atoms with Gasteiger partial charge in [-0.25, -0.2) is 13.4 Å². The monoisotopic (exact) mass is 367 g/mol. The van der Waals surface area contributed by atoms with Crippen molar-refractivity contribution in [2.45, 2.75) is 16.6 Å². The maximum atomic E-state index is 12.7. The number of para-hydroxylation sites is 2. The fourth-order valence-corrected chi connectivity index (χ4v) is 4.90. The molecule has 6 nitrogen and oxygen atoms in total. The zero-order valence-corrected chi connectivity index (χ0v) is 14.8. The Labute approximate surface area is 151 Å². The predicted octanol–water partition coefficient (Wildman–Crippen LogP) is 2.32. The van der Waals surface area contributed by atoms with Crippen molar-refractivity contribution in [1.29, 1.82) is 0 Å². The van der Waals surface area contributed by atoms with Crippen LogP contribution in [0, 0.1) is 0 Å². The van der Waals surface area contributed by atoms with E-state index in [9.17, 15) is 13.2 Å². The topological polar surface area (TPSA) is 80.2 Å². The van der Waals surface area contributed by atoms with Gasteiger partial charge in [-0.15, -0.1) is 0 Å². The summed E-state index contributed by atoms with van der Waals surface area (Å²) in [5.41, 5.74) is 1.60. The SMILES string of the molecule is O=C(c1cnc2ccccc2n1)N1CCC(S(=O)(=O)c2ccccc2)C1. The first-order valence-electron chi connectivity index (χ1n) is 8.36. The third-order valence-corrected chi connectivity index (χ3v) is 6.80. The highest BCUT2D eigenvalue weighted by molar-refractivity contribution is 7.92. The van der Waals surface area contributed by atoms with Crippen LogP contribution < -0.4 is 0 Å². The average molecular weight is 367 g/mol. The molecule has 2 heterocycles. The van der Waals surface area contributed by atoms with E-state index in [0.717, 1.165) is 5.52 Å². The molecule has 0 spiro atoms. The maximum Gasteiger partial charge on any atom is 0.274 e. The number of benzene rings is 2. The molecule has 4 rings (SSSR count). The molecule has 1 aliphatic heterocycles. The summed E-state index contributed by atoms with van der Waals surface area (Å²) in [7, 11) is -3.45. The zero-order valence-electron chi connectivity index (χ0n) is 13.9. The summed E-state index contributed by atoms with van der Waals surface area (Å²) in [5, 5.41) is -0.595. The van der Waals surface area contributed by atoms with E-state index in [4.69, 9.17) is 0 Å². The van der Waals surface area contributed by atoms with Crippen molar-refractivity contribution in [3.8, 4) is 0 Å². The molecule has 0 N–H and O–H groups in total. The standard InChI is InChI=1S/C19H17N3O3S/c23-19(18-12-20-16-8-4-5-9-17(16)21-18)22-11-10-15(13-22)26(24,25)14-6-2-1-3-7-14/h1-9,12,15H,10-11,13H2. The molecule has 0 radical (unpaired) electrons. The number of aromatic nitrogens is 2. The van der Waals surface area contributed by atoms with Crippen molar-refractivity contribution < 1.29 is 13.2 Å². The first-order valence-corrected chi connectivity index (χ1v) is 9.90. The molecule has 1 unspecified atom stereocenters. The number of likely N-dealkylation sites (tertiary alicyclic amines) is 1. The number of rotatable bonds is 3. The number of sulfone groups is 1. The van der Waals surface area contributed by atoms with E-state index in [-0.39, 0.29) is 18.1 Å². The van der Waals surface area contributed by atoms with E-state index in [2.05, 4.69) is 9.97 Å². The number of hydrogen-bond acceptors (Lipinski definition) is 5. The second kappa shape index (κ2) is 6.49. The molecule has 3 aromatic rings. The summed E-state index contributed by atoms with van der Waals surface area (Å²) in [6.07, 6.45) is 1.87. The van der Waals surface area contributed by atoms with E-state index >= 15 is 0 Å². The molecule has 2 aromatic carbocycles. The van der Waals surface area contributed by atoms with Crippen LogP contribution in [0.1, 0.15) is 16.9 Å². The van der Waals surface area contributed by atoms with Crippen LogP contribution in [0.15, 0.2) is 65.7 Å². The fraction of sp³-hybridized carbons (Fsp3) is 0.211. The smallest absolute Gasteiger partial charge is 0.274 e. The first kappa shape index (κ1) is 16.7. The zero-order chi connectivity index (χ0) is 18.1. The normalized spacial score (nSPS) is 17.5. The van der Waals surface area contributed by atoms with Gasteiger partial charge in [-0.1, -0.05) is 30.3 Å². The minimum absolute atomic E-state index is 0.171. The number of fused-ring (bicyclic) bond motifs is 1. The van der Waals surface area contributed by atoms with Crippen molar-refractivity contribution >= 4 is 26.8 Å².